The van der Waals surface area contributed by atoms with E-state index in [1.165, 1.54) is 0 Å². The summed E-state index contributed by atoms with van der Waals surface area (Å²) in [6.45, 7) is 6.04. The fourth-order valence-corrected chi connectivity index (χ4v) is 3.11. The van der Waals surface area contributed by atoms with Crippen molar-refractivity contribution >= 4 is 6.09 Å². The zero-order chi connectivity index (χ0) is 17.6. The Bertz CT molecular complexity index is 674. The molecule has 0 unspecified atom stereocenters. The average Bonchev–Trinajstić information content (AvgIpc) is 2.64. The highest BCUT2D eigenvalue weighted by Crippen LogP contribution is 2.26. The maximum absolute atomic E-state index is 12.3. The Morgan fingerprint density at radius 1 is 0.920 bits per heavy atom. The van der Waals surface area contributed by atoms with E-state index in [9.17, 15) is 4.79 Å². The first-order chi connectivity index (χ1) is 12.1. The van der Waals surface area contributed by atoms with Crippen LogP contribution in [0.5, 0.6) is 17.2 Å². The van der Waals surface area contributed by atoms with Gasteiger partial charge in [-0.3, -0.25) is 0 Å². The van der Waals surface area contributed by atoms with E-state index in [1.54, 1.807) is 29.2 Å². The number of likely N-dealkylation sites (tertiary alicyclic amines) is 1. The van der Waals surface area contributed by atoms with E-state index in [2.05, 4.69) is 13.8 Å². The molecule has 3 rings (SSSR count). The molecule has 4 nitrogen and oxygen atoms in total. The molecule has 1 heterocycles. The molecule has 0 radical (unpaired) electrons. The molecular weight excluding hydrogens is 314 g/mol. The second kappa shape index (κ2) is 8.06. The number of ether oxygens (including phenoxy) is 2. The van der Waals surface area contributed by atoms with Crippen LogP contribution in [0.15, 0.2) is 54.6 Å². The summed E-state index contributed by atoms with van der Waals surface area (Å²) in [5.74, 6) is 3.41. The van der Waals surface area contributed by atoms with Gasteiger partial charge in [0.1, 0.15) is 17.2 Å². The maximum Gasteiger partial charge on any atom is 0.415 e. The largest absolute Gasteiger partial charge is 0.457 e. The predicted molar refractivity (Wildman–Crippen MR) is 98.1 cm³/mol. The highest BCUT2D eigenvalue weighted by molar-refractivity contribution is 5.70. The SMILES string of the molecule is CC(C)C1CCN(C(=O)Oc2ccc(Oc3ccccc3)cc2)CC1. The number of hydrogen-bond donors (Lipinski definition) is 0. The summed E-state index contributed by atoms with van der Waals surface area (Å²) in [5, 5.41) is 0. The molecule has 4 heteroatoms. The minimum atomic E-state index is -0.265. The van der Waals surface area contributed by atoms with Crippen molar-refractivity contribution in [1.82, 2.24) is 4.90 Å². The molecule has 132 valence electrons. The third-order valence-electron chi connectivity index (χ3n) is 4.75. The molecule has 1 aliphatic rings. The third kappa shape index (κ3) is 4.75. The lowest BCUT2D eigenvalue weighted by atomic mass is 9.87. The van der Waals surface area contributed by atoms with E-state index in [-0.39, 0.29) is 6.09 Å². The van der Waals surface area contributed by atoms with E-state index in [4.69, 9.17) is 9.47 Å². The smallest absolute Gasteiger partial charge is 0.415 e. The van der Waals surface area contributed by atoms with Crippen LogP contribution in [0.1, 0.15) is 26.7 Å². The molecule has 0 saturated carbocycles. The van der Waals surface area contributed by atoms with Crippen LogP contribution >= 0.6 is 0 Å². The standard InChI is InChI=1S/C21H25NO3/c1-16(2)17-12-14-22(15-13-17)21(23)25-20-10-8-19(9-11-20)24-18-6-4-3-5-7-18/h3-11,16-17H,12-15H2,1-2H3. The topological polar surface area (TPSA) is 38.8 Å². The molecule has 1 amide bonds. The van der Waals surface area contributed by atoms with E-state index in [0.29, 0.717) is 23.3 Å². The predicted octanol–water partition coefficient (Wildman–Crippen LogP) is 5.35. The van der Waals surface area contributed by atoms with Crippen molar-refractivity contribution in [1.29, 1.82) is 0 Å². The number of para-hydroxylation sites is 1. The van der Waals surface area contributed by atoms with Gasteiger partial charge in [0.05, 0.1) is 0 Å². The van der Waals surface area contributed by atoms with Crippen LogP contribution in [0.25, 0.3) is 0 Å². The minimum Gasteiger partial charge on any atom is -0.457 e. The maximum atomic E-state index is 12.3. The van der Waals surface area contributed by atoms with E-state index < -0.39 is 0 Å². The molecule has 0 N–H and O–H groups in total. The van der Waals surface area contributed by atoms with Gasteiger partial charge >= 0.3 is 6.09 Å². The van der Waals surface area contributed by atoms with E-state index >= 15 is 0 Å². The van der Waals surface area contributed by atoms with Gasteiger partial charge in [-0.25, -0.2) is 4.79 Å². The van der Waals surface area contributed by atoms with Gasteiger partial charge in [0.2, 0.25) is 0 Å². The Hall–Kier alpha value is -2.49. The Kier molecular flexibility index (Phi) is 5.59. The first-order valence-electron chi connectivity index (χ1n) is 8.91. The van der Waals surface area contributed by atoms with Gasteiger partial charge in [0, 0.05) is 13.1 Å². The van der Waals surface area contributed by atoms with Crippen LogP contribution in [0.2, 0.25) is 0 Å². The van der Waals surface area contributed by atoms with Gasteiger partial charge in [0.25, 0.3) is 0 Å². The molecule has 0 aromatic heterocycles. The zero-order valence-electron chi connectivity index (χ0n) is 14.9. The number of carbonyl (C=O) groups excluding carboxylic acids is 1. The first-order valence-corrected chi connectivity index (χ1v) is 8.91. The quantitative estimate of drug-likeness (QED) is 0.754. The molecule has 0 atom stereocenters. The molecular formula is C21H25NO3. The molecule has 0 aliphatic carbocycles. The Labute approximate surface area is 149 Å². The van der Waals surface area contributed by atoms with Crippen LogP contribution in [0, 0.1) is 11.8 Å². The molecule has 1 aliphatic heterocycles. The van der Waals surface area contributed by atoms with Crippen molar-refractivity contribution in [2.45, 2.75) is 26.7 Å². The summed E-state index contributed by atoms with van der Waals surface area (Å²) < 4.78 is 11.2. The molecule has 25 heavy (non-hydrogen) atoms. The number of benzene rings is 2. The fourth-order valence-electron chi connectivity index (χ4n) is 3.11. The fraction of sp³-hybridized carbons (Fsp3) is 0.381. The Morgan fingerprint density at radius 3 is 2.08 bits per heavy atom. The molecule has 0 spiro atoms. The van der Waals surface area contributed by atoms with Gasteiger partial charge in [-0.2, -0.15) is 0 Å². The van der Waals surface area contributed by atoms with Crippen LogP contribution in [-0.4, -0.2) is 24.1 Å². The van der Waals surface area contributed by atoms with Crippen molar-refractivity contribution in [3.63, 3.8) is 0 Å². The summed E-state index contributed by atoms with van der Waals surface area (Å²) in [6.07, 6.45) is 1.84. The van der Waals surface area contributed by atoms with Gasteiger partial charge < -0.3 is 14.4 Å². The highest BCUT2D eigenvalue weighted by Gasteiger charge is 2.25. The average molecular weight is 339 g/mol. The van der Waals surface area contributed by atoms with Crippen LogP contribution < -0.4 is 9.47 Å². The van der Waals surface area contributed by atoms with Crippen molar-refractivity contribution in [3.8, 4) is 17.2 Å². The first kappa shape index (κ1) is 17.3. The van der Waals surface area contributed by atoms with E-state index in [1.807, 2.05) is 30.3 Å². The van der Waals surface area contributed by atoms with Crippen LogP contribution in [0.3, 0.4) is 0 Å². The number of nitrogens with zero attached hydrogens (tertiary/aromatic N) is 1. The third-order valence-corrected chi connectivity index (χ3v) is 4.75. The zero-order valence-corrected chi connectivity index (χ0v) is 14.9. The second-order valence-corrected chi connectivity index (χ2v) is 6.82. The number of carbonyl (C=O) groups is 1. The van der Waals surface area contributed by atoms with Crippen molar-refractivity contribution < 1.29 is 14.3 Å². The summed E-state index contributed by atoms with van der Waals surface area (Å²) in [7, 11) is 0. The summed E-state index contributed by atoms with van der Waals surface area (Å²) in [6, 6.07) is 16.7. The van der Waals surface area contributed by atoms with E-state index in [0.717, 1.165) is 31.7 Å². The summed E-state index contributed by atoms with van der Waals surface area (Å²) in [5.41, 5.74) is 0. The molecule has 2 aromatic rings. The Balaban J connectivity index is 1.52. The van der Waals surface area contributed by atoms with Crippen LogP contribution in [0.4, 0.5) is 4.79 Å². The minimum absolute atomic E-state index is 0.265. The Morgan fingerprint density at radius 2 is 1.48 bits per heavy atom. The van der Waals surface area contributed by atoms with Crippen LogP contribution in [-0.2, 0) is 0 Å². The number of amides is 1. The molecule has 1 fully saturated rings. The summed E-state index contributed by atoms with van der Waals surface area (Å²) in [4.78, 5) is 14.1. The van der Waals surface area contributed by atoms with Crippen molar-refractivity contribution in [3.05, 3.63) is 54.6 Å². The number of piperidine rings is 1. The van der Waals surface area contributed by atoms with Gasteiger partial charge in [0.15, 0.2) is 0 Å². The molecule has 2 aromatic carbocycles. The van der Waals surface area contributed by atoms with Crippen molar-refractivity contribution in [2.24, 2.45) is 11.8 Å². The second-order valence-electron chi connectivity index (χ2n) is 6.82. The lowest BCUT2D eigenvalue weighted by Crippen LogP contribution is -2.41. The summed E-state index contributed by atoms with van der Waals surface area (Å²) >= 11 is 0. The highest BCUT2D eigenvalue weighted by atomic mass is 16.6. The monoisotopic (exact) mass is 339 g/mol. The lowest BCUT2D eigenvalue weighted by Gasteiger charge is -2.33. The van der Waals surface area contributed by atoms with Gasteiger partial charge in [-0.1, -0.05) is 32.0 Å². The molecule has 1 saturated heterocycles. The lowest BCUT2D eigenvalue weighted by molar-refractivity contribution is 0.122. The van der Waals surface area contributed by atoms with Gasteiger partial charge in [-0.05, 0) is 61.1 Å². The van der Waals surface area contributed by atoms with Crippen molar-refractivity contribution in [2.75, 3.05) is 13.1 Å². The number of hydrogen-bond acceptors (Lipinski definition) is 3. The number of rotatable bonds is 4. The van der Waals surface area contributed by atoms with Gasteiger partial charge in [-0.15, -0.1) is 0 Å². The molecule has 0 bridgehead atoms. The normalized spacial score (nSPS) is 15.2.